The van der Waals surface area contributed by atoms with Gasteiger partial charge in [-0.3, -0.25) is 0 Å². The van der Waals surface area contributed by atoms with Gasteiger partial charge in [0.1, 0.15) is 11.9 Å². The SMILES string of the molecule is C=CCC(N(C)NC=C)N1CC2(CCN(CC(C)O)CC2)N(Cc2cccc(OC)c2)C1=O. The first-order chi connectivity index (χ1) is 15.8. The molecule has 2 atom stereocenters. The number of rotatable bonds is 11. The Labute approximate surface area is 198 Å². The summed E-state index contributed by atoms with van der Waals surface area (Å²) in [5.41, 5.74) is 3.90. The van der Waals surface area contributed by atoms with Crippen LogP contribution in [0.3, 0.4) is 0 Å². The highest BCUT2D eigenvalue weighted by molar-refractivity contribution is 5.78. The number of hydrazine groups is 1. The lowest BCUT2D eigenvalue weighted by Crippen LogP contribution is -2.55. The second-order valence-electron chi connectivity index (χ2n) is 9.17. The van der Waals surface area contributed by atoms with Gasteiger partial charge in [-0.15, -0.1) is 6.58 Å². The molecule has 2 aliphatic rings. The topological polar surface area (TPSA) is 71.5 Å². The van der Waals surface area contributed by atoms with Crippen LogP contribution in [0.5, 0.6) is 5.75 Å². The molecule has 2 unspecified atom stereocenters. The fourth-order valence-corrected chi connectivity index (χ4v) is 5.08. The minimum absolute atomic E-state index is 0.0337. The van der Waals surface area contributed by atoms with Gasteiger partial charge in [0.2, 0.25) is 0 Å². The van der Waals surface area contributed by atoms with Gasteiger partial charge in [0.15, 0.2) is 0 Å². The van der Waals surface area contributed by atoms with Gasteiger partial charge in [0.25, 0.3) is 0 Å². The number of β-amino-alcohol motifs (C(OH)–C–C–N with tert-alkyl or cyclic N) is 1. The number of ether oxygens (including phenoxy) is 1. The number of hydrogen-bond donors (Lipinski definition) is 2. The molecular formula is C25H39N5O3. The summed E-state index contributed by atoms with van der Waals surface area (Å²) >= 11 is 0. The van der Waals surface area contributed by atoms with Crippen LogP contribution < -0.4 is 10.2 Å². The monoisotopic (exact) mass is 457 g/mol. The zero-order valence-electron chi connectivity index (χ0n) is 20.2. The summed E-state index contributed by atoms with van der Waals surface area (Å²) in [7, 11) is 3.58. The molecular weight excluding hydrogens is 418 g/mol. The standard InChI is InChI=1S/C25H39N5O3/c1-6-9-23(27(4)26-7-2)29-19-25(12-14-28(15-13-25)17-20(3)31)30(24(29)32)18-21-10-8-11-22(16-21)33-5/h6-8,10-11,16,20,23,26,31H,1-2,9,12-15,17-19H2,3-5H3. The number of likely N-dealkylation sites (tertiary alicyclic amines) is 1. The Bertz CT molecular complexity index is 822. The molecule has 33 heavy (non-hydrogen) atoms. The maximum absolute atomic E-state index is 13.9. The molecule has 2 fully saturated rings. The van der Waals surface area contributed by atoms with E-state index in [2.05, 4.69) is 28.4 Å². The summed E-state index contributed by atoms with van der Waals surface area (Å²) in [6, 6.07) is 7.96. The van der Waals surface area contributed by atoms with Crippen molar-refractivity contribution in [1.29, 1.82) is 0 Å². The number of carbonyl (C=O) groups is 1. The van der Waals surface area contributed by atoms with Crippen molar-refractivity contribution in [2.24, 2.45) is 0 Å². The number of methoxy groups -OCH3 is 1. The van der Waals surface area contributed by atoms with Gasteiger partial charge in [-0.1, -0.05) is 24.8 Å². The van der Waals surface area contributed by atoms with E-state index in [1.54, 1.807) is 13.3 Å². The number of nitrogens with one attached hydrogen (secondary N) is 1. The summed E-state index contributed by atoms with van der Waals surface area (Å²) in [6.07, 6.45) is 5.31. The highest BCUT2D eigenvalue weighted by atomic mass is 16.5. The summed E-state index contributed by atoms with van der Waals surface area (Å²) in [6.45, 7) is 13.0. The van der Waals surface area contributed by atoms with E-state index in [1.807, 2.05) is 54.2 Å². The number of urea groups is 1. The summed E-state index contributed by atoms with van der Waals surface area (Å²) in [4.78, 5) is 20.2. The number of aliphatic hydroxyl groups is 1. The van der Waals surface area contributed by atoms with Crippen LogP contribution in [0, 0.1) is 0 Å². The highest BCUT2D eigenvalue weighted by Gasteiger charge is 2.52. The summed E-state index contributed by atoms with van der Waals surface area (Å²) < 4.78 is 5.40. The van der Waals surface area contributed by atoms with Gasteiger partial charge in [0, 0.05) is 52.4 Å². The number of nitrogens with zero attached hydrogens (tertiary/aromatic N) is 4. The predicted molar refractivity (Wildman–Crippen MR) is 130 cm³/mol. The van der Waals surface area contributed by atoms with Crippen molar-refractivity contribution < 1.29 is 14.6 Å². The van der Waals surface area contributed by atoms with Crippen LogP contribution in [-0.4, -0.2) is 89.0 Å². The minimum Gasteiger partial charge on any atom is -0.497 e. The lowest BCUT2D eigenvalue weighted by Gasteiger charge is -2.44. The Morgan fingerprint density at radius 2 is 2.06 bits per heavy atom. The average molecular weight is 458 g/mol. The molecule has 0 bridgehead atoms. The van der Waals surface area contributed by atoms with E-state index in [0.29, 0.717) is 26.1 Å². The first-order valence-electron chi connectivity index (χ1n) is 11.7. The van der Waals surface area contributed by atoms with E-state index in [0.717, 1.165) is 37.2 Å². The van der Waals surface area contributed by atoms with Crippen molar-refractivity contribution in [2.75, 3.05) is 40.3 Å². The third kappa shape index (κ3) is 5.69. The molecule has 8 nitrogen and oxygen atoms in total. The Morgan fingerprint density at radius 1 is 1.33 bits per heavy atom. The van der Waals surface area contributed by atoms with Gasteiger partial charge >= 0.3 is 6.03 Å². The first-order valence-corrected chi connectivity index (χ1v) is 11.7. The fraction of sp³-hybridized carbons (Fsp3) is 0.560. The number of carbonyl (C=O) groups excluding carboxylic acids is 1. The molecule has 2 saturated heterocycles. The molecule has 2 heterocycles. The van der Waals surface area contributed by atoms with Gasteiger partial charge in [-0.05, 0) is 37.5 Å². The zero-order chi connectivity index (χ0) is 24.0. The molecule has 1 aromatic rings. The van der Waals surface area contributed by atoms with E-state index in [1.165, 1.54) is 0 Å². The number of amides is 2. The van der Waals surface area contributed by atoms with Crippen LogP contribution in [0.15, 0.2) is 49.7 Å². The smallest absolute Gasteiger partial charge is 0.322 e. The highest BCUT2D eigenvalue weighted by Crippen LogP contribution is 2.39. The van der Waals surface area contributed by atoms with E-state index in [-0.39, 0.29) is 23.8 Å². The fourth-order valence-electron chi connectivity index (χ4n) is 5.08. The van der Waals surface area contributed by atoms with Crippen molar-refractivity contribution in [2.45, 2.75) is 50.5 Å². The van der Waals surface area contributed by atoms with E-state index < -0.39 is 0 Å². The summed E-state index contributed by atoms with van der Waals surface area (Å²) in [5.74, 6) is 0.788. The Kier molecular flexibility index (Phi) is 8.40. The summed E-state index contributed by atoms with van der Waals surface area (Å²) in [5, 5.41) is 11.7. The largest absolute Gasteiger partial charge is 0.497 e. The molecule has 0 radical (unpaired) electrons. The molecule has 3 rings (SSSR count). The van der Waals surface area contributed by atoms with Gasteiger partial charge in [-0.2, -0.15) is 0 Å². The molecule has 8 heteroatoms. The van der Waals surface area contributed by atoms with Crippen molar-refractivity contribution in [3.05, 3.63) is 55.3 Å². The molecule has 0 aliphatic carbocycles. The van der Waals surface area contributed by atoms with Crippen molar-refractivity contribution >= 4 is 6.03 Å². The molecule has 0 saturated carbocycles. The average Bonchev–Trinajstić information content (AvgIpc) is 3.05. The van der Waals surface area contributed by atoms with Crippen molar-refractivity contribution in [1.82, 2.24) is 25.1 Å². The maximum Gasteiger partial charge on any atom is 0.322 e. The van der Waals surface area contributed by atoms with Crippen molar-refractivity contribution in [3.8, 4) is 5.75 Å². The lowest BCUT2D eigenvalue weighted by molar-refractivity contribution is 0.0409. The number of hydrogen-bond acceptors (Lipinski definition) is 6. The number of aliphatic hydroxyl groups excluding tert-OH is 1. The molecule has 2 amide bonds. The molecule has 2 aliphatic heterocycles. The number of benzene rings is 1. The quantitative estimate of drug-likeness (QED) is 0.393. The number of piperidine rings is 1. The Morgan fingerprint density at radius 3 is 2.67 bits per heavy atom. The lowest BCUT2D eigenvalue weighted by atomic mass is 9.86. The molecule has 182 valence electrons. The van der Waals surface area contributed by atoms with Crippen LogP contribution in [0.1, 0.15) is 31.7 Å². The van der Waals surface area contributed by atoms with Crippen LogP contribution in [-0.2, 0) is 6.54 Å². The van der Waals surface area contributed by atoms with Gasteiger partial charge in [-0.25, -0.2) is 9.80 Å². The van der Waals surface area contributed by atoms with Crippen LogP contribution in [0.2, 0.25) is 0 Å². The molecule has 2 N–H and O–H groups in total. The van der Waals surface area contributed by atoms with Crippen LogP contribution in [0.4, 0.5) is 4.79 Å². The Hall–Kier alpha value is -2.55. The van der Waals surface area contributed by atoms with Gasteiger partial charge < -0.3 is 30.0 Å². The Balaban J connectivity index is 1.89. The van der Waals surface area contributed by atoms with E-state index >= 15 is 0 Å². The first kappa shape index (κ1) is 25.1. The normalized spacial score (nSPS) is 20.2. The zero-order valence-corrected chi connectivity index (χ0v) is 20.2. The predicted octanol–water partition coefficient (Wildman–Crippen LogP) is 2.63. The maximum atomic E-state index is 13.9. The van der Waals surface area contributed by atoms with Crippen LogP contribution in [0.25, 0.3) is 0 Å². The van der Waals surface area contributed by atoms with E-state index in [4.69, 9.17) is 4.74 Å². The second kappa shape index (κ2) is 11.0. The third-order valence-corrected chi connectivity index (χ3v) is 6.78. The second-order valence-corrected chi connectivity index (χ2v) is 9.17. The minimum atomic E-state index is -0.357. The van der Waals surface area contributed by atoms with Gasteiger partial charge in [0.05, 0.1) is 18.8 Å². The molecule has 1 aromatic carbocycles. The van der Waals surface area contributed by atoms with E-state index in [9.17, 15) is 9.90 Å². The molecule has 1 spiro atoms. The third-order valence-electron chi connectivity index (χ3n) is 6.78. The van der Waals surface area contributed by atoms with Crippen molar-refractivity contribution in [3.63, 3.8) is 0 Å². The van der Waals surface area contributed by atoms with Crippen LogP contribution >= 0.6 is 0 Å². The molecule has 0 aromatic heterocycles.